The van der Waals surface area contributed by atoms with E-state index in [1.54, 1.807) is 33.3 Å². The van der Waals surface area contributed by atoms with Crippen LogP contribution in [0.4, 0.5) is 0 Å². The average Bonchev–Trinajstić information content (AvgIpc) is 3.53. The Balaban J connectivity index is 1.08. The van der Waals surface area contributed by atoms with Gasteiger partial charge in [-0.15, -0.1) is 0 Å². The number of thioether (sulfide) groups is 1. The molecule has 0 saturated carbocycles. The van der Waals surface area contributed by atoms with Gasteiger partial charge in [0.25, 0.3) is 0 Å². The number of esters is 4. The van der Waals surface area contributed by atoms with Crippen molar-refractivity contribution in [2.24, 2.45) is 5.73 Å². The average molecular weight is 1200 g/mol. The summed E-state index contributed by atoms with van der Waals surface area (Å²) in [5.74, 6) is 4.40. The molecule has 0 unspecified atom stereocenters. The van der Waals surface area contributed by atoms with Gasteiger partial charge in [-0.25, -0.2) is 0 Å². The van der Waals surface area contributed by atoms with E-state index >= 15 is 0 Å². The Hall–Kier alpha value is -5.19. The van der Waals surface area contributed by atoms with Crippen molar-refractivity contribution in [3.8, 4) is 23.0 Å². The highest BCUT2D eigenvalue weighted by atomic mass is 33.1. The molecule has 0 aromatic heterocycles. The van der Waals surface area contributed by atoms with Crippen LogP contribution in [0.1, 0.15) is 94.9 Å². The molecule has 0 amide bonds. The first-order valence-corrected chi connectivity index (χ1v) is 32.4. The van der Waals surface area contributed by atoms with E-state index in [9.17, 15) is 24.3 Å². The van der Waals surface area contributed by atoms with E-state index in [-0.39, 0.29) is 107 Å². The molecule has 20 heteroatoms. The van der Waals surface area contributed by atoms with Crippen LogP contribution in [0.3, 0.4) is 0 Å². The molecular formula is C62H90N4O13S3. The molecule has 5 N–H and O–H groups in total. The van der Waals surface area contributed by atoms with Crippen molar-refractivity contribution in [3.63, 3.8) is 0 Å². The molecule has 0 saturated heterocycles. The van der Waals surface area contributed by atoms with E-state index in [1.807, 2.05) is 103 Å². The van der Waals surface area contributed by atoms with Gasteiger partial charge in [-0.2, -0.15) is 11.8 Å². The molecule has 82 heavy (non-hydrogen) atoms. The molecule has 4 aromatic carbocycles. The molecule has 0 aliphatic carbocycles. The lowest BCUT2D eigenvalue weighted by Crippen LogP contribution is -2.31. The lowest BCUT2D eigenvalue weighted by molar-refractivity contribution is -0.146. The van der Waals surface area contributed by atoms with E-state index in [2.05, 4.69) is 43.2 Å². The van der Waals surface area contributed by atoms with Crippen molar-refractivity contribution in [2.45, 2.75) is 83.5 Å². The number of hydrogen-bond donors (Lipinski definition) is 4. The van der Waals surface area contributed by atoms with Crippen molar-refractivity contribution in [2.75, 3.05) is 135 Å². The second-order valence-electron chi connectivity index (χ2n) is 20.2. The van der Waals surface area contributed by atoms with E-state index in [0.29, 0.717) is 81.5 Å². The molecule has 0 spiro atoms. The van der Waals surface area contributed by atoms with Crippen LogP contribution in [0.2, 0.25) is 0 Å². The standard InChI is InChI=1S/C62H90N4O13S3/c1-61(2,49-9-17-53(18-10-49)72-38-42-76-57(68)25-30-64-32-47-80-5)51-13-21-55(22-14-51)74-40-44-78-59(70)27-35-66(34-7-6-8-37-67)36-28-60(71)79-45-41-75-56-23-15-52(16-24-56)62(3,4)50-11-19-54(20-12-50)73-39-43-77-58(69)26-31-65-33-48-82-81-46-29-63/h9-24,64-65,67H,6-8,25-48,63H2,1-5H3. The highest BCUT2D eigenvalue weighted by Crippen LogP contribution is 2.35. The number of carbonyl (C=O) groups excluding carboxylic acids is 4. The van der Waals surface area contributed by atoms with Crippen LogP contribution >= 0.6 is 33.3 Å². The van der Waals surface area contributed by atoms with E-state index in [1.165, 1.54) is 0 Å². The van der Waals surface area contributed by atoms with Gasteiger partial charge in [0, 0.05) is 80.5 Å². The molecule has 0 fully saturated rings. The van der Waals surface area contributed by atoms with Gasteiger partial charge in [-0.3, -0.25) is 19.2 Å². The summed E-state index contributed by atoms with van der Waals surface area (Å²) in [5, 5.41) is 15.7. The first kappa shape index (κ1) is 69.3. The number of aliphatic hydroxyl groups is 1. The van der Waals surface area contributed by atoms with Crippen LogP contribution in [-0.4, -0.2) is 169 Å². The van der Waals surface area contributed by atoms with Crippen molar-refractivity contribution in [1.82, 2.24) is 15.5 Å². The predicted molar refractivity (Wildman–Crippen MR) is 330 cm³/mol. The minimum atomic E-state index is -0.356. The molecule has 17 nitrogen and oxygen atoms in total. The van der Waals surface area contributed by atoms with E-state index < -0.39 is 0 Å². The maximum atomic E-state index is 12.8. The lowest BCUT2D eigenvalue weighted by atomic mass is 9.78. The van der Waals surface area contributed by atoms with E-state index in [0.717, 1.165) is 65.4 Å². The number of rotatable bonds is 46. The molecule has 454 valence electrons. The summed E-state index contributed by atoms with van der Waals surface area (Å²) in [4.78, 5) is 51.6. The fraction of sp³-hybridized carbons (Fsp3) is 0.548. The third kappa shape index (κ3) is 28.4. The van der Waals surface area contributed by atoms with Gasteiger partial charge < -0.3 is 64.3 Å². The summed E-state index contributed by atoms with van der Waals surface area (Å²) in [5.41, 5.74) is 9.28. The number of ether oxygens (including phenoxy) is 8. The van der Waals surface area contributed by atoms with Gasteiger partial charge in [0.05, 0.1) is 25.7 Å². The van der Waals surface area contributed by atoms with Crippen LogP contribution in [0.15, 0.2) is 97.1 Å². The number of nitrogens with zero attached hydrogens (tertiary/aromatic N) is 1. The monoisotopic (exact) mass is 1190 g/mol. The van der Waals surface area contributed by atoms with Crippen LogP contribution < -0.4 is 35.3 Å². The third-order valence-corrected chi connectivity index (χ3v) is 16.4. The minimum absolute atomic E-state index is 0.0924. The van der Waals surface area contributed by atoms with E-state index in [4.69, 9.17) is 43.6 Å². The number of benzene rings is 4. The molecule has 0 atom stereocenters. The Labute approximate surface area is 499 Å². The predicted octanol–water partition coefficient (Wildman–Crippen LogP) is 8.63. The zero-order chi connectivity index (χ0) is 59.1. The maximum Gasteiger partial charge on any atom is 0.307 e. The summed E-state index contributed by atoms with van der Waals surface area (Å²) in [6, 6.07) is 31.6. The molecule has 0 bridgehead atoms. The Morgan fingerprint density at radius 2 is 0.793 bits per heavy atom. The molecule has 0 aliphatic rings. The lowest BCUT2D eigenvalue weighted by Gasteiger charge is -2.26. The molecule has 0 aliphatic heterocycles. The van der Waals surface area contributed by atoms with Gasteiger partial charge in [-0.05, 0) is 103 Å². The zero-order valence-electron chi connectivity index (χ0n) is 48.9. The molecular weight excluding hydrogens is 1100 g/mol. The summed E-state index contributed by atoms with van der Waals surface area (Å²) in [6.07, 6.45) is 5.33. The van der Waals surface area contributed by atoms with Crippen molar-refractivity contribution in [1.29, 1.82) is 0 Å². The number of unbranched alkanes of at least 4 members (excludes halogenated alkanes) is 2. The van der Waals surface area contributed by atoms with Crippen LogP contribution in [0.25, 0.3) is 0 Å². The molecule has 4 aromatic rings. The van der Waals surface area contributed by atoms with Gasteiger partial charge in [0.2, 0.25) is 0 Å². The SMILES string of the molecule is CSCCNCCC(=O)OCCOc1ccc(C(C)(C)c2ccc(OCCOC(=O)CCN(CCCCCO)CCC(=O)OCCOc3ccc(C(C)(C)c4ccc(OCCOC(=O)CCNCCSSCCN)cc4)cc3)cc2)cc1. The largest absolute Gasteiger partial charge is 0.490 e. The molecule has 0 heterocycles. The second kappa shape index (κ2) is 40.9. The molecule has 4 rings (SSSR count). The summed E-state index contributed by atoms with van der Waals surface area (Å²) in [6.45, 7) is 15.2. The van der Waals surface area contributed by atoms with Gasteiger partial charge >= 0.3 is 23.9 Å². The Bertz CT molecular complexity index is 2380. The number of nitrogens with one attached hydrogen (secondary N) is 2. The number of nitrogens with two attached hydrogens (primary N) is 1. The summed E-state index contributed by atoms with van der Waals surface area (Å²) in [7, 11) is 3.53. The fourth-order valence-electron chi connectivity index (χ4n) is 8.30. The summed E-state index contributed by atoms with van der Waals surface area (Å²) < 4.78 is 45.0. The van der Waals surface area contributed by atoms with Gasteiger partial charge in [0.1, 0.15) is 75.9 Å². The smallest absolute Gasteiger partial charge is 0.307 e. The minimum Gasteiger partial charge on any atom is -0.490 e. The normalized spacial score (nSPS) is 11.5. The highest BCUT2D eigenvalue weighted by molar-refractivity contribution is 8.76. The first-order chi connectivity index (χ1) is 39.7. The number of hydrogen-bond acceptors (Lipinski definition) is 20. The van der Waals surface area contributed by atoms with Crippen LogP contribution in [0.5, 0.6) is 23.0 Å². The topological polar surface area (TPSA) is 216 Å². The second-order valence-corrected chi connectivity index (χ2v) is 23.9. The Morgan fingerprint density at radius 3 is 1.13 bits per heavy atom. The summed E-state index contributed by atoms with van der Waals surface area (Å²) >= 11 is 1.76. The van der Waals surface area contributed by atoms with Crippen molar-refractivity contribution in [3.05, 3.63) is 119 Å². The molecule has 0 radical (unpaired) electrons. The first-order valence-electron chi connectivity index (χ1n) is 28.5. The quantitative estimate of drug-likeness (QED) is 0.0141. The zero-order valence-corrected chi connectivity index (χ0v) is 51.4. The third-order valence-electron chi connectivity index (χ3n) is 13.3. The van der Waals surface area contributed by atoms with Gasteiger partial charge in [-0.1, -0.05) is 97.8 Å². The Kier molecular flexibility index (Phi) is 34.6. The van der Waals surface area contributed by atoms with Crippen LogP contribution in [0, 0.1) is 0 Å². The van der Waals surface area contributed by atoms with Crippen LogP contribution in [-0.2, 0) is 49.0 Å². The van der Waals surface area contributed by atoms with Gasteiger partial charge in [0.15, 0.2) is 0 Å². The van der Waals surface area contributed by atoms with Crippen molar-refractivity contribution < 1.29 is 62.2 Å². The number of aliphatic hydroxyl groups excluding tert-OH is 1. The number of carbonyl (C=O) groups is 4. The fourth-order valence-corrected chi connectivity index (χ4v) is 10.5. The Morgan fingerprint density at radius 1 is 0.451 bits per heavy atom. The highest BCUT2D eigenvalue weighted by Gasteiger charge is 2.25. The maximum absolute atomic E-state index is 12.8. The van der Waals surface area contributed by atoms with Crippen molar-refractivity contribution >= 4 is 57.2 Å².